The van der Waals surface area contributed by atoms with E-state index in [0.717, 1.165) is 46.6 Å². The molecule has 0 aliphatic heterocycles. The van der Waals surface area contributed by atoms with Crippen molar-refractivity contribution in [2.24, 2.45) is 0 Å². The number of thioether (sulfide) groups is 1. The van der Waals surface area contributed by atoms with Gasteiger partial charge in [0, 0.05) is 23.4 Å². The van der Waals surface area contributed by atoms with Crippen LogP contribution in [-0.2, 0) is 12.2 Å². The number of anilines is 1. The van der Waals surface area contributed by atoms with Crippen molar-refractivity contribution in [3.05, 3.63) is 65.5 Å². The van der Waals surface area contributed by atoms with Gasteiger partial charge in [0.25, 0.3) is 5.91 Å². The Kier molecular flexibility index (Phi) is 6.49. The molecule has 2 aromatic carbocycles. The zero-order valence-electron chi connectivity index (χ0n) is 15.4. The summed E-state index contributed by atoms with van der Waals surface area (Å²) in [6, 6.07) is 14.8. The third-order valence-corrected chi connectivity index (χ3v) is 4.85. The van der Waals surface area contributed by atoms with Crippen LogP contribution in [0.15, 0.2) is 53.7 Å². The van der Waals surface area contributed by atoms with Gasteiger partial charge in [0.2, 0.25) is 5.16 Å². The molecule has 1 heterocycles. The number of methoxy groups -OCH3 is 1. The van der Waals surface area contributed by atoms with E-state index in [4.69, 9.17) is 4.74 Å². The van der Waals surface area contributed by atoms with Crippen molar-refractivity contribution in [1.82, 2.24) is 15.2 Å². The molecular formula is C20H22N4O2S. The van der Waals surface area contributed by atoms with Gasteiger partial charge in [0.1, 0.15) is 11.6 Å². The average Bonchev–Trinajstić information content (AvgIpc) is 3.15. The number of aromatic nitrogens is 3. The van der Waals surface area contributed by atoms with Gasteiger partial charge in [-0.3, -0.25) is 9.89 Å². The van der Waals surface area contributed by atoms with E-state index in [0.29, 0.717) is 5.56 Å². The molecule has 0 fully saturated rings. The van der Waals surface area contributed by atoms with E-state index in [1.54, 1.807) is 18.9 Å². The molecule has 0 bridgehead atoms. The number of hydrogen-bond acceptors (Lipinski definition) is 5. The van der Waals surface area contributed by atoms with Gasteiger partial charge in [-0.25, -0.2) is 4.98 Å². The van der Waals surface area contributed by atoms with Gasteiger partial charge in [0.15, 0.2) is 0 Å². The Bertz CT molecular complexity index is 876. The highest BCUT2D eigenvalue weighted by molar-refractivity contribution is 7.98. The number of hydrogen-bond donors (Lipinski definition) is 2. The quantitative estimate of drug-likeness (QED) is 0.568. The number of carbonyl (C=O) groups excluding carboxylic acids is 1. The molecule has 0 aliphatic carbocycles. The zero-order valence-corrected chi connectivity index (χ0v) is 16.2. The van der Waals surface area contributed by atoms with Crippen LogP contribution in [-0.4, -0.2) is 28.2 Å². The smallest absolute Gasteiger partial charge is 0.255 e. The summed E-state index contributed by atoms with van der Waals surface area (Å²) in [5.41, 5.74) is 2.46. The molecule has 7 heteroatoms. The second-order valence-corrected chi connectivity index (χ2v) is 6.93. The summed E-state index contributed by atoms with van der Waals surface area (Å²) in [5, 5.41) is 10.8. The van der Waals surface area contributed by atoms with Gasteiger partial charge in [-0.15, -0.1) is 5.10 Å². The van der Waals surface area contributed by atoms with Crippen LogP contribution in [0.5, 0.6) is 5.75 Å². The molecule has 3 rings (SSSR count). The van der Waals surface area contributed by atoms with E-state index >= 15 is 0 Å². The number of amides is 1. The van der Waals surface area contributed by atoms with Crippen molar-refractivity contribution in [3.8, 4) is 5.75 Å². The molecule has 0 saturated heterocycles. The predicted octanol–water partition coefficient (Wildman–Crippen LogP) is 4.31. The minimum absolute atomic E-state index is 0.141. The van der Waals surface area contributed by atoms with Crippen molar-refractivity contribution in [2.45, 2.75) is 30.7 Å². The largest absolute Gasteiger partial charge is 0.497 e. The van der Waals surface area contributed by atoms with Gasteiger partial charge < -0.3 is 10.1 Å². The van der Waals surface area contributed by atoms with Crippen LogP contribution in [0.1, 0.15) is 35.1 Å². The van der Waals surface area contributed by atoms with Crippen LogP contribution >= 0.6 is 11.8 Å². The molecule has 2 N–H and O–H groups in total. The molecule has 0 spiro atoms. The number of carbonyl (C=O) groups is 1. The van der Waals surface area contributed by atoms with E-state index in [1.165, 1.54) is 0 Å². The fraction of sp³-hybridized carbons (Fsp3) is 0.250. The first-order valence-corrected chi connectivity index (χ1v) is 9.75. The van der Waals surface area contributed by atoms with Crippen LogP contribution in [0.2, 0.25) is 0 Å². The fourth-order valence-electron chi connectivity index (χ4n) is 2.47. The first-order valence-electron chi connectivity index (χ1n) is 8.76. The molecular weight excluding hydrogens is 360 g/mol. The first kappa shape index (κ1) is 19.0. The van der Waals surface area contributed by atoms with Gasteiger partial charge in [-0.1, -0.05) is 30.8 Å². The third-order valence-electron chi connectivity index (χ3n) is 3.93. The van der Waals surface area contributed by atoms with Crippen LogP contribution < -0.4 is 10.1 Å². The lowest BCUT2D eigenvalue weighted by molar-refractivity contribution is 0.102. The van der Waals surface area contributed by atoms with Gasteiger partial charge >= 0.3 is 0 Å². The maximum atomic E-state index is 12.4. The first-order chi connectivity index (χ1) is 13.2. The summed E-state index contributed by atoms with van der Waals surface area (Å²) in [5.74, 6) is 2.29. The number of ether oxygens (including phenoxy) is 1. The summed E-state index contributed by atoms with van der Waals surface area (Å²) in [6.45, 7) is 2.11. The lowest BCUT2D eigenvalue weighted by Crippen LogP contribution is -2.11. The van der Waals surface area contributed by atoms with Crippen molar-refractivity contribution in [1.29, 1.82) is 0 Å². The maximum Gasteiger partial charge on any atom is 0.255 e. The lowest BCUT2D eigenvalue weighted by Gasteiger charge is -2.07. The van der Waals surface area contributed by atoms with E-state index in [1.807, 2.05) is 48.5 Å². The number of aryl methyl sites for hydroxylation is 1. The molecule has 3 aromatic rings. The van der Waals surface area contributed by atoms with Crippen LogP contribution in [0, 0.1) is 0 Å². The second kappa shape index (κ2) is 9.23. The number of aromatic amines is 1. The molecule has 0 aliphatic rings. The van der Waals surface area contributed by atoms with E-state index < -0.39 is 0 Å². The number of H-pyrrole nitrogens is 1. The number of rotatable bonds is 8. The molecule has 1 amide bonds. The second-order valence-electron chi connectivity index (χ2n) is 5.98. The van der Waals surface area contributed by atoms with Gasteiger partial charge in [0.05, 0.1) is 7.11 Å². The van der Waals surface area contributed by atoms with Crippen LogP contribution in [0.25, 0.3) is 0 Å². The van der Waals surface area contributed by atoms with Gasteiger partial charge in [-0.2, -0.15) is 0 Å². The van der Waals surface area contributed by atoms with E-state index in [2.05, 4.69) is 27.4 Å². The standard InChI is InChI=1S/C20H22N4O2S/c1-3-4-18-22-20(24-23-18)27-13-14-5-7-15(8-6-14)19(25)21-16-9-11-17(26-2)12-10-16/h5-12H,3-4,13H2,1-2H3,(H,21,25)(H,22,23,24). The summed E-state index contributed by atoms with van der Waals surface area (Å²) in [6.07, 6.45) is 1.95. The Morgan fingerprint density at radius 2 is 1.89 bits per heavy atom. The minimum Gasteiger partial charge on any atom is -0.497 e. The lowest BCUT2D eigenvalue weighted by atomic mass is 10.1. The predicted molar refractivity (Wildman–Crippen MR) is 107 cm³/mol. The zero-order chi connectivity index (χ0) is 19.1. The Morgan fingerprint density at radius 3 is 2.56 bits per heavy atom. The summed E-state index contributed by atoms with van der Waals surface area (Å²) >= 11 is 1.57. The highest BCUT2D eigenvalue weighted by Gasteiger charge is 2.08. The molecule has 0 unspecified atom stereocenters. The fourth-order valence-corrected chi connectivity index (χ4v) is 3.24. The highest BCUT2D eigenvalue weighted by atomic mass is 32.2. The Balaban J connectivity index is 1.54. The van der Waals surface area contributed by atoms with Crippen molar-refractivity contribution >= 4 is 23.4 Å². The SMILES string of the molecule is CCCc1nc(SCc2ccc(C(=O)Nc3ccc(OC)cc3)cc2)n[nH]1. The molecule has 0 saturated carbocycles. The molecule has 0 atom stereocenters. The summed E-state index contributed by atoms with van der Waals surface area (Å²) in [7, 11) is 1.61. The maximum absolute atomic E-state index is 12.4. The molecule has 1 aromatic heterocycles. The Morgan fingerprint density at radius 1 is 1.15 bits per heavy atom. The van der Waals surface area contributed by atoms with E-state index in [9.17, 15) is 4.79 Å². The topological polar surface area (TPSA) is 79.9 Å². The molecule has 0 radical (unpaired) electrons. The van der Waals surface area contributed by atoms with Crippen molar-refractivity contribution < 1.29 is 9.53 Å². The number of nitrogens with one attached hydrogen (secondary N) is 2. The Labute approximate surface area is 162 Å². The average molecular weight is 382 g/mol. The van der Waals surface area contributed by atoms with Crippen LogP contribution in [0.3, 0.4) is 0 Å². The molecule has 140 valence electrons. The van der Waals surface area contributed by atoms with Crippen molar-refractivity contribution in [2.75, 3.05) is 12.4 Å². The molecule has 27 heavy (non-hydrogen) atoms. The molecule has 6 nitrogen and oxygen atoms in total. The highest BCUT2D eigenvalue weighted by Crippen LogP contribution is 2.20. The summed E-state index contributed by atoms with van der Waals surface area (Å²) < 4.78 is 5.11. The van der Waals surface area contributed by atoms with Crippen LogP contribution in [0.4, 0.5) is 5.69 Å². The monoisotopic (exact) mass is 382 g/mol. The normalized spacial score (nSPS) is 10.6. The third kappa shape index (κ3) is 5.34. The van der Waals surface area contributed by atoms with E-state index in [-0.39, 0.29) is 5.91 Å². The number of nitrogens with zero attached hydrogens (tertiary/aromatic N) is 2. The minimum atomic E-state index is -0.141. The Hall–Kier alpha value is -2.80. The van der Waals surface area contributed by atoms with Gasteiger partial charge in [-0.05, 0) is 48.4 Å². The summed E-state index contributed by atoms with van der Waals surface area (Å²) in [4.78, 5) is 16.8. The number of benzene rings is 2. The van der Waals surface area contributed by atoms with Crippen molar-refractivity contribution in [3.63, 3.8) is 0 Å².